The fourth-order valence-corrected chi connectivity index (χ4v) is 2.84. The van der Waals surface area contributed by atoms with Gasteiger partial charge in [-0.25, -0.2) is 0 Å². The number of thiophene rings is 1. The standard InChI is InChI=1S/C12H8Cl2N2S/c1-6-11(16)10(5-15)17-12(6)7-2-3-8(13)9(14)4-7/h2-4H,16H2,1H3. The predicted octanol–water partition coefficient (Wildman–Crippen LogP) is 4.48. The lowest BCUT2D eigenvalue weighted by atomic mass is 10.1. The van der Waals surface area contributed by atoms with Crippen molar-refractivity contribution >= 4 is 40.2 Å². The number of nitrogen functional groups attached to an aromatic ring is 1. The number of hydrogen-bond acceptors (Lipinski definition) is 3. The van der Waals surface area contributed by atoms with Crippen molar-refractivity contribution in [2.45, 2.75) is 6.92 Å². The van der Waals surface area contributed by atoms with Crippen LogP contribution in [0.25, 0.3) is 10.4 Å². The van der Waals surface area contributed by atoms with E-state index in [9.17, 15) is 0 Å². The van der Waals surface area contributed by atoms with E-state index in [1.807, 2.05) is 13.0 Å². The molecular weight excluding hydrogens is 275 g/mol. The van der Waals surface area contributed by atoms with Gasteiger partial charge in [0.15, 0.2) is 0 Å². The van der Waals surface area contributed by atoms with E-state index in [4.69, 9.17) is 34.2 Å². The maximum Gasteiger partial charge on any atom is 0.128 e. The maximum absolute atomic E-state index is 8.94. The van der Waals surface area contributed by atoms with E-state index in [1.165, 1.54) is 11.3 Å². The van der Waals surface area contributed by atoms with Crippen molar-refractivity contribution in [3.63, 3.8) is 0 Å². The molecule has 1 aromatic heterocycles. The molecule has 0 radical (unpaired) electrons. The molecular formula is C12H8Cl2N2S. The largest absolute Gasteiger partial charge is 0.397 e. The fraction of sp³-hybridized carbons (Fsp3) is 0.0833. The number of halogens is 2. The Morgan fingerprint density at radius 2 is 2.00 bits per heavy atom. The normalized spacial score (nSPS) is 10.2. The second kappa shape index (κ2) is 4.58. The number of nitriles is 1. The topological polar surface area (TPSA) is 49.8 Å². The van der Waals surface area contributed by atoms with Crippen molar-refractivity contribution in [3.05, 3.63) is 38.7 Å². The first-order chi connectivity index (χ1) is 8.04. The van der Waals surface area contributed by atoms with Gasteiger partial charge in [0.1, 0.15) is 10.9 Å². The average Bonchev–Trinajstić information content (AvgIpc) is 2.60. The van der Waals surface area contributed by atoms with E-state index in [0.29, 0.717) is 20.6 Å². The molecule has 1 heterocycles. The summed E-state index contributed by atoms with van der Waals surface area (Å²) in [6.07, 6.45) is 0. The first kappa shape index (κ1) is 12.3. The zero-order valence-corrected chi connectivity index (χ0v) is 11.2. The van der Waals surface area contributed by atoms with Gasteiger partial charge in [0.25, 0.3) is 0 Å². The van der Waals surface area contributed by atoms with Crippen LogP contribution >= 0.6 is 34.5 Å². The molecule has 0 amide bonds. The van der Waals surface area contributed by atoms with Crippen LogP contribution < -0.4 is 5.73 Å². The minimum absolute atomic E-state index is 0.494. The zero-order chi connectivity index (χ0) is 12.6. The lowest BCUT2D eigenvalue weighted by molar-refractivity contribution is 1.49. The Kier molecular flexibility index (Phi) is 3.30. The van der Waals surface area contributed by atoms with Gasteiger partial charge in [-0.2, -0.15) is 5.26 Å². The van der Waals surface area contributed by atoms with Gasteiger partial charge in [0, 0.05) is 4.88 Å². The summed E-state index contributed by atoms with van der Waals surface area (Å²) in [6.45, 7) is 1.89. The summed E-state index contributed by atoms with van der Waals surface area (Å²) in [7, 11) is 0. The van der Waals surface area contributed by atoms with E-state index in [-0.39, 0.29) is 0 Å². The second-order valence-corrected chi connectivity index (χ2v) is 5.37. The van der Waals surface area contributed by atoms with Crippen LogP contribution in [0.1, 0.15) is 10.4 Å². The number of nitrogens with zero attached hydrogens (tertiary/aromatic N) is 1. The van der Waals surface area contributed by atoms with Crippen LogP contribution in [0.5, 0.6) is 0 Å². The van der Waals surface area contributed by atoms with Crippen LogP contribution in [0.2, 0.25) is 10.0 Å². The molecule has 0 saturated heterocycles. The van der Waals surface area contributed by atoms with Crippen LogP contribution in [0, 0.1) is 18.3 Å². The van der Waals surface area contributed by atoms with Crippen LogP contribution in [-0.4, -0.2) is 0 Å². The van der Waals surface area contributed by atoms with E-state index in [0.717, 1.165) is 16.0 Å². The van der Waals surface area contributed by atoms with Gasteiger partial charge in [-0.15, -0.1) is 11.3 Å². The molecule has 0 bridgehead atoms. The van der Waals surface area contributed by atoms with Crippen LogP contribution in [-0.2, 0) is 0 Å². The minimum atomic E-state index is 0.494. The van der Waals surface area contributed by atoms with Gasteiger partial charge in [0.05, 0.1) is 15.7 Å². The molecule has 2 aromatic rings. The highest BCUT2D eigenvalue weighted by atomic mass is 35.5. The maximum atomic E-state index is 8.94. The quantitative estimate of drug-likeness (QED) is 0.838. The number of rotatable bonds is 1. The molecule has 0 atom stereocenters. The summed E-state index contributed by atoms with van der Waals surface area (Å²) >= 11 is 13.2. The fourth-order valence-electron chi connectivity index (χ4n) is 1.52. The summed E-state index contributed by atoms with van der Waals surface area (Å²) in [4.78, 5) is 1.49. The third-order valence-electron chi connectivity index (χ3n) is 2.48. The molecule has 1 aromatic carbocycles. The van der Waals surface area contributed by atoms with E-state index < -0.39 is 0 Å². The number of benzene rings is 1. The van der Waals surface area contributed by atoms with Crippen molar-refractivity contribution in [1.29, 1.82) is 5.26 Å². The molecule has 0 aliphatic rings. The molecule has 0 fully saturated rings. The molecule has 0 saturated carbocycles. The molecule has 0 spiro atoms. The second-order valence-electron chi connectivity index (χ2n) is 3.54. The summed E-state index contributed by atoms with van der Waals surface area (Å²) in [5.74, 6) is 0. The van der Waals surface area contributed by atoms with Crippen molar-refractivity contribution in [1.82, 2.24) is 0 Å². The first-order valence-electron chi connectivity index (χ1n) is 4.79. The van der Waals surface area contributed by atoms with Crippen molar-refractivity contribution in [2.75, 3.05) is 5.73 Å². The smallest absolute Gasteiger partial charge is 0.128 e. The Balaban J connectivity index is 2.61. The molecule has 0 aliphatic carbocycles. The summed E-state index contributed by atoms with van der Waals surface area (Å²) < 4.78 is 0. The highest BCUT2D eigenvalue weighted by Gasteiger charge is 2.14. The van der Waals surface area contributed by atoms with Crippen molar-refractivity contribution in [2.24, 2.45) is 0 Å². The highest BCUT2D eigenvalue weighted by Crippen LogP contribution is 2.39. The van der Waals surface area contributed by atoms with E-state index in [1.54, 1.807) is 12.1 Å². The molecule has 0 unspecified atom stereocenters. The average molecular weight is 283 g/mol. The molecule has 17 heavy (non-hydrogen) atoms. The SMILES string of the molecule is Cc1c(-c2ccc(Cl)c(Cl)c2)sc(C#N)c1N. The lowest BCUT2D eigenvalue weighted by Gasteiger charge is -2.02. The minimum Gasteiger partial charge on any atom is -0.397 e. The summed E-state index contributed by atoms with van der Waals surface area (Å²) in [5.41, 5.74) is 8.22. The van der Waals surface area contributed by atoms with Crippen LogP contribution in [0.3, 0.4) is 0 Å². The van der Waals surface area contributed by atoms with E-state index in [2.05, 4.69) is 6.07 Å². The Morgan fingerprint density at radius 1 is 1.29 bits per heavy atom. The van der Waals surface area contributed by atoms with Crippen molar-refractivity contribution in [3.8, 4) is 16.5 Å². The number of hydrogen-bond donors (Lipinski definition) is 1. The molecule has 86 valence electrons. The third kappa shape index (κ3) is 2.12. The third-order valence-corrected chi connectivity index (χ3v) is 4.48. The van der Waals surface area contributed by atoms with Crippen LogP contribution in [0.4, 0.5) is 5.69 Å². The Bertz CT molecular complexity index is 626. The Morgan fingerprint density at radius 3 is 2.53 bits per heavy atom. The van der Waals surface area contributed by atoms with Gasteiger partial charge >= 0.3 is 0 Å². The summed E-state index contributed by atoms with van der Waals surface area (Å²) in [6, 6.07) is 7.47. The molecule has 2 rings (SSSR count). The predicted molar refractivity (Wildman–Crippen MR) is 73.6 cm³/mol. The number of nitrogens with two attached hydrogens (primary N) is 1. The van der Waals surface area contributed by atoms with Gasteiger partial charge in [-0.3, -0.25) is 0 Å². The lowest BCUT2D eigenvalue weighted by Crippen LogP contribution is -1.87. The zero-order valence-electron chi connectivity index (χ0n) is 8.92. The number of anilines is 1. The monoisotopic (exact) mass is 282 g/mol. The first-order valence-corrected chi connectivity index (χ1v) is 6.36. The molecule has 5 heteroatoms. The van der Waals surface area contributed by atoms with Gasteiger partial charge in [0.2, 0.25) is 0 Å². The van der Waals surface area contributed by atoms with E-state index >= 15 is 0 Å². The molecule has 2 N–H and O–H groups in total. The Hall–Kier alpha value is -1.21. The van der Waals surface area contributed by atoms with Gasteiger partial charge in [-0.05, 0) is 30.2 Å². The van der Waals surface area contributed by atoms with Gasteiger partial charge < -0.3 is 5.73 Å². The van der Waals surface area contributed by atoms with Gasteiger partial charge in [-0.1, -0.05) is 29.3 Å². The Labute approximate surface area is 113 Å². The highest BCUT2D eigenvalue weighted by molar-refractivity contribution is 7.16. The summed E-state index contributed by atoms with van der Waals surface area (Å²) in [5, 5.41) is 9.94. The molecule has 2 nitrogen and oxygen atoms in total. The van der Waals surface area contributed by atoms with Crippen LogP contribution in [0.15, 0.2) is 18.2 Å². The van der Waals surface area contributed by atoms with Crippen molar-refractivity contribution < 1.29 is 0 Å². The molecule has 0 aliphatic heterocycles.